The fourth-order valence-corrected chi connectivity index (χ4v) is 4.54. The number of Topliss-reactive ketones (excluding diaryl/α,β-unsaturated/α-hetero) is 1. The molecule has 0 amide bonds. The molecule has 2 bridgehead atoms. The Morgan fingerprint density at radius 1 is 1.26 bits per heavy atom. The molecule has 3 unspecified atom stereocenters. The zero-order valence-corrected chi connectivity index (χ0v) is 14.2. The lowest BCUT2D eigenvalue weighted by Gasteiger charge is -2.48. The van der Waals surface area contributed by atoms with Gasteiger partial charge in [-0.15, -0.1) is 0 Å². The molecule has 3 atom stereocenters. The van der Waals surface area contributed by atoms with Crippen molar-refractivity contribution in [1.82, 2.24) is 0 Å². The van der Waals surface area contributed by atoms with Crippen LogP contribution in [0.15, 0.2) is 23.2 Å². The van der Waals surface area contributed by atoms with Gasteiger partial charge in [-0.1, -0.05) is 26.0 Å². The molecule has 2 heterocycles. The van der Waals surface area contributed by atoms with Crippen LogP contribution >= 0.6 is 0 Å². The van der Waals surface area contributed by atoms with Crippen LogP contribution in [0.1, 0.15) is 51.5 Å². The van der Waals surface area contributed by atoms with Crippen LogP contribution in [0.3, 0.4) is 0 Å². The van der Waals surface area contributed by atoms with Crippen molar-refractivity contribution in [2.24, 2.45) is 16.3 Å². The van der Waals surface area contributed by atoms with Crippen LogP contribution in [0.25, 0.3) is 0 Å². The van der Waals surface area contributed by atoms with Gasteiger partial charge >= 0.3 is 0 Å². The normalized spacial score (nSPS) is 33.9. The van der Waals surface area contributed by atoms with Gasteiger partial charge in [0.15, 0.2) is 17.2 Å². The molecule has 1 aliphatic carbocycles. The number of aliphatic imine (C=N–C) groups is 1. The highest BCUT2D eigenvalue weighted by atomic mass is 16.5. The van der Waals surface area contributed by atoms with E-state index in [1.54, 1.807) is 7.11 Å². The molecule has 0 saturated heterocycles. The zero-order valence-electron chi connectivity index (χ0n) is 14.2. The molecule has 4 rings (SSSR count). The molecular weight excluding hydrogens is 290 g/mol. The Morgan fingerprint density at radius 2 is 2.04 bits per heavy atom. The van der Waals surface area contributed by atoms with Crippen molar-refractivity contribution in [3.63, 3.8) is 0 Å². The summed E-state index contributed by atoms with van der Waals surface area (Å²) in [6.07, 6.45) is 2.26. The van der Waals surface area contributed by atoms with Crippen LogP contribution in [0, 0.1) is 11.3 Å². The number of carbonyl (C=O) groups excluding carboxylic acids is 1. The van der Waals surface area contributed by atoms with Gasteiger partial charge in [-0.05, 0) is 24.8 Å². The molecule has 1 fully saturated rings. The first-order valence-electron chi connectivity index (χ1n) is 8.29. The summed E-state index contributed by atoms with van der Waals surface area (Å²) >= 11 is 0. The maximum atomic E-state index is 12.9. The number of para-hydroxylation sites is 1. The molecule has 0 radical (unpaired) electrons. The number of hydrogen-bond acceptors (Lipinski definition) is 4. The summed E-state index contributed by atoms with van der Waals surface area (Å²) < 4.78 is 11.7. The third kappa shape index (κ3) is 2.19. The number of benzene rings is 1. The van der Waals surface area contributed by atoms with Crippen LogP contribution in [0.4, 0.5) is 0 Å². The molecule has 0 spiro atoms. The number of methoxy groups -OCH3 is 1. The monoisotopic (exact) mass is 313 g/mol. The summed E-state index contributed by atoms with van der Waals surface area (Å²) in [5, 5.41) is 0. The number of ether oxygens (including phenoxy) is 2. The van der Waals surface area contributed by atoms with Crippen LogP contribution in [-0.4, -0.2) is 24.3 Å². The summed E-state index contributed by atoms with van der Waals surface area (Å²) in [5.41, 5.74) is 1.52. The number of ketones is 1. The highest BCUT2D eigenvalue weighted by molar-refractivity contribution is 6.09. The molecule has 1 aromatic rings. The predicted octanol–water partition coefficient (Wildman–Crippen LogP) is 3.74. The molecule has 122 valence electrons. The Kier molecular flexibility index (Phi) is 2.94. The number of hydrogen-bond donors (Lipinski definition) is 0. The van der Waals surface area contributed by atoms with E-state index in [0.717, 1.165) is 35.6 Å². The second-order valence-corrected chi connectivity index (χ2v) is 8.03. The van der Waals surface area contributed by atoms with Crippen molar-refractivity contribution < 1.29 is 14.3 Å². The highest BCUT2D eigenvalue weighted by Crippen LogP contribution is 2.54. The van der Waals surface area contributed by atoms with E-state index >= 15 is 0 Å². The van der Waals surface area contributed by atoms with Crippen molar-refractivity contribution in [3.05, 3.63) is 23.8 Å². The summed E-state index contributed by atoms with van der Waals surface area (Å²) in [7, 11) is 1.65. The van der Waals surface area contributed by atoms with E-state index in [1.807, 2.05) is 19.1 Å². The van der Waals surface area contributed by atoms with E-state index < -0.39 is 5.72 Å². The zero-order chi connectivity index (χ0) is 16.4. The van der Waals surface area contributed by atoms with Crippen LogP contribution in [0.2, 0.25) is 0 Å². The molecular formula is C19H23NO3. The van der Waals surface area contributed by atoms with Crippen molar-refractivity contribution in [1.29, 1.82) is 0 Å². The number of nitrogens with zero attached hydrogens (tertiary/aromatic N) is 1. The fraction of sp³-hybridized carbons (Fsp3) is 0.579. The number of fused-ring (bicyclic) bond motifs is 6. The Bertz CT molecular complexity index is 721. The minimum Gasteiger partial charge on any atom is -0.493 e. The third-order valence-corrected chi connectivity index (χ3v) is 5.35. The molecule has 2 aliphatic heterocycles. The van der Waals surface area contributed by atoms with E-state index in [-0.39, 0.29) is 17.3 Å². The van der Waals surface area contributed by atoms with Gasteiger partial charge in [0.25, 0.3) is 0 Å². The van der Waals surface area contributed by atoms with Gasteiger partial charge in [-0.3, -0.25) is 4.79 Å². The maximum absolute atomic E-state index is 12.9. The lowest BCUT2D eigenvalue weighted by atomic mass is 9.63. The highest BCUT2D eigenvalue weighted by Gasteiger charge is 2.52. The average molecular weight is 313 g/mol. The van der Waals surface area contributed by atoms with Gasteiger partial charge in [-0.2, -0.15) is 0 Å². The minimum atomic E-state index is -0.591. The van der Waals surface area contributed by atoms with Gasteiger partial charge in [-0.25, -0.2) is 4.99 Å². The number of rotatable bonds is 1. The van der Waals surface area contributed by atoms with Crippen LogP contribution < -0.4 is 9.47 Å². The van der Waals surface area contributed by atoms with Gasteiger partial charge in [0.2, 0.25) is 0 Å². The summed E-state index contributed by atoms with van der Waals surface area (Å²) in [6, 6.07) is 5.95. The first-order valence-corrected chi connectivity index (χ1v) is 8.29. The quantitative estimate of drug-likeness (QED) is 0.793. The third-order valence-electron chi connectivity index (χ3n) is 5.35. The second-order valence-electron chi connectivity index (χ2n) is 8.03. The lowest BCUT2D eigenvalue weighted by Crippen LogP contribution is -2.51. The molecule has 0 aromatic heterocycles. The fourth-order valence-electron chi connectivity index (χ4n) is 4.54. The molecule has 1 saturated carbocycles. The minimum absolute atomic E-state index is 0.00831. The van der Waals surface area contributed by atoms with E-state index in [0.29, 0.717) is 12.2 Å². The number of carbonyl (C=O) groups is 1. The van der Waals surface area contributed by atoms with Gasteiger partial charge in [0.1, 0.15) is 5.78 Å². The average Bonchev–Trinajstić information content (AvgIpc) is 2.43. The molecule has 4 nitrogen and oxygen atoms in total. The SMILES string of the molecule is COc1cccc2c1OC1(C)CC2C2C(=O)CC(C)(C)CC2=N1. The summed E-state index contributed by atoms with van der Waals surface area (Å²) in [4.78, 5) is 17.8. The molecule has 23 heavy (non-hydrogen) atoms. The van der Waals surface area contributed by atoms with Gasteiger partial charge in [0.05, 0.1) is 13.0 Å². The van der Waals surface area contributed by atoms with Crippen molar-refractivity contribution in [2.45, 2.75) is 51.7 Å². The van der Waals surface area contributed by atoms with Crippen molar-refractivity contribution in [2.75, 3.05) is 7.11 Å². The van der Waals surface area contributed by atoms with E-state index in [1.165, 1.54) is 0 Å². The van der Waals surface area contributed by atoms with Crippen molar-refractivity contribution in [3.8, 4) is 11.5 Å². The van der Waals surface area contributed by atoms with E-state index in [2.05, 4.69) is 19.9 Å². The summed E-state index contributed by atoms with van der Waals surface area (Å²) in [5.74, 6) is 1.86. The molecule has 3 aliphatic rings. The molecule has 1 aromatic carbocycles. The van der Waals surface area contributed by atoms with E-state index in [9.17, 15) is 4.79 Å². The van der Waals surface area contributed by atoms with E-state index in [4.69, 9.17) is 14.5 Å². The standard InChI is InChI=1S/C19H23NO3/c1-18(2)9-13-16(14(21)10-18)12-8-19(3,20-13)23-17-11(12)6-5-7-15(17)22-4/h5-7,12,16H,8-10H2,1-4H3. The van der Waals surface area contributed by atoms with Gasteiger partial charge < -0.3 is 9.47 Å². The molecule has 0 N–H and O–H groups in total. The topological polar surface area (TPSA) is 47.9 Å². The lowest BCUT2D eigenvalue weighted by molar-refractivity contribution is -0.125. The maximum Gasteiger partial charge on any atom is 0.198 e. The Labute approximate surface area is 136 Å². The molecule has 4 heteroatoms. The largest absolute Gasteiger partial charge is 0.493 e. The Morgan fingerprint density at radius 3 is 2.78 bits per heavy atom. The Hall–Kier alpha value is -1.84. The smallest absolute Gasteiger partial charge is 0.198 e. The Balaban J connectivity index is 1.87. The summed E-state index contributed by atoms with van der Waals surface area (Å²) in [6.45, 7) is 6.31. The van der Waals surface area contributed by atoms with Crippen molar-refractivity contribution >= 4 is 11.5 Å². The predicted molar refractivity (Wildman–Crippen MR) is 88.3 cm³/mol. The van der Waals surface area contributed by atoms with Crippen LogP contribution in [-0.2, 0) is 4.79 Å². The van der Waals surface area contributed by atoms with Crippen LogP contribution in [0.5, 0.6) is 11.5 Å². The van der Waals surface area contributed by atoms with Gasteiger partial charge in [0, 0.05) is 30.0 Å². The first kappa shape index (κ1) is 14.7. The second kappa shape index (κ2) is 4.59. The first-order chi connectivity index (χ1) is 10.8.